The smallest absolute Gasteiger partial charge is 0.325 e. The van der Waals surface area contributed by atoms with Crippen molar-refractivity contribution in [2.75, 3.05) is 6.54 Å². The van der Waals surface area contributed by atoms with Crippen molar-refractivity contribution in [3.05, 3.63) is 18.2 Å². The van der Waals surface area contributed by atoms with E-state index in [1.165, 1.54) is 6.33 Å². The van der Waals surface area contributed by atoms with Gasteiger partial charge in [0.05, 0.1) is 12.0 Å². The quantitative estimate of drug-likeness (QED) is 0.664. The largest absolute Gasteiger partial charge is 0.480 e. The first-order valence-electron chi connectivity index (χ1n) is 4.80. The van der Waals surface area contributed by atoms with Crippen molar-refractivity contribution < 1.29 is 19.5 Å². The molecular weight excluding hydrogens is 228 g/mol. The second-order valence-corrected chi connectivity index (χ2v) is 3.66. The van der Waals surface area contributed by atoms with Gasteiger partial charge < -0.3 is 15.0 Å². The molecule has 3 amide bonds. The average molecular weight is 238 g/mol. The molecule has 1 aliphatic rings. The first-order valence-corrected chi connectivity index (χ1v) is 4.80. The fourth-order valence-corrected chi connectivity index (χ4v) is 1.59. The summed E-state index contributed by atoms with van der Waals surface area (Å²) >= 11 is 0. The molecule has 1 fully saturated rings. The molecule has 0 bridgehead atoms. The highest BCUT2D eigenvalue weighted by atomic mass is 16.4. The van der Waals surface area contributed by atoms with Crippen LogP contribution in [-0.2, 0) is 16.6 Å². The number of carbonyl (C=O) groups excluding carboxylic acids is 2. The van der Waals surface area contributed by atoms with Gasteiger partial charge in [0.15, 0.2) is 6.04 Å². The van der Waals surface area contributed by atoms with Crippen LogP contribution in [0, 0.1) is 0 Å². The number of rotatable bonds is 3. The number of aromatic nitrogens is 2. The molecular formula is C9H10N4O4. The number of urea groups is 1. The van der Waals surface area contributed by atoms with E-state index in [0.29, 0.717) is 10.6 Å². The van der Waals surface area contributed by atoms with Crippen molar-refractivity contribution >= 4 is 17.9 Å². The van der Waals surface area contributed by atoms with Crippen LogP contribution in [0.3, 0.4) is 0 Å². The Morgan fingerprint density at radius 3 is 2.82 bits per heavy atom. The first-order chi connectivity index (χ1) is 7.99. The molecule has 8 heteroatoms. The third kappa shape index (κ3) is 1.96. The van der Waals surface area contributed by atoms with E-state index in [4.69, 9.17) is 5.11 Å². The maximum absolute atomic E-state index is 11.8. The molecule has 1 aromatic heterocycles. The van der Waals surface area contributed by atoms with Crippen molar-refractivity contribution in [2.45, 2.75) is 6.04 Å². The highest BCUT2D eigenvalue weighted by molar-refractivity contribution is 6.06. The molecule has 0 aromatic carbocycles. The lowest BCUT2D eigenvalue weighted by Crippen LogP contribution is -2.35. The molecule has 0 aliphatic carbocycles. The monoisotopic (exact) mass is 238 g/mol. The van der Waals surface area contributed by atoms with E-state index in [-0.39, 0.29) is 0 Å². The van der Waals surface area contributed by atoms with Gasteiger partial charge in [-0.3, -0.25) is 14.5 Å². The van der Waals surface area contributed by atoms with E-state index in [9.17, 15) is 14.4 Å². The van der Waals surface area contributed by atoms with Crippen molar-refractivity contribution in [1.82, 2.24) is 19.8 Å². The highest BCUT2D eigenvalue weighted by Crippen LogP contribution is 2.19. The summed E-state index contributed by atoms with van der Waals surface area (Å²) < 4.78 is 1.63. The number of hydrogen-bond acceptors (Lipinski definition) is 4. The molecule has 0 saturated carbocycles. The van der Waals surface area contributed by atoms with Crippen LogP contribution in [0.15, 0.2) is 12.5 Å². The van der Waals surface area contributed by atoms with Gasteiger partial charge in [0.1, 0.15) is 6.54 Å². The fraction of sp³-hybridized carbons (Fsp3) is 0.333. The lowest BCUT2D eigenvalue weighted by molar-refractivity contribution is -0.141. The topological polar surface area (TPSA) is 105 Å². The molecule has 2 N–H and O–H groups in total. The van der Waals surface area contributed by atoms with Crippen LogP contribution >= 0.6 is 0 Å². The minimum atomic E-state index is -1.24. The Morgan fingerprint density at radius 2 is 2.29 bits per heavy atom. The van der Waals surface area contributed by atoms with Crippen LogP contribution in [0.25, 0.3) is 0 Å². The lowest BCUT2D eigenvalue weighted by Gasteiger charge is -2.08. The lowest BCUT2D eigenvalue weighted by atomic mass is 10.2. The van der Waals surface area contributed by atoms with Crippen LogP contribution < -0.4 is 5.32 Å². The molecule has 1 aliphatic heterocycles. The minimum Gasteiger partial charge on any atom is -0.480 e. The van der Waals surface area contributed by atoms with Crippen LogP contribution in [-0.4, -0.2) is 44.0 Å². The third-order valence-corrected chi connectivity index (χ3v) is 2.34. The Labute approximate surface area is 95.8 Å². The minimum absolute atomic E-state index is 0.388. The number of amides is 3. The van der Waals surface area contributed by atoms with E-state index in [0.717, 1.165) is 0 Å². The molecule has 1 unspecified atom stereocenters. The standard InChI is InChI=1S/C9H10N4O4/c1-12-2-5(10-4-12)7-8(16)13(3-6(14)15)9(17)11-7/h2,4,7H,3H2,1H3,(H,11,17)(H,14,15). The summed E-state index contributed by atoms with van der Waals surface area (Å²) in [6.07, 6.45) is 3.09. The van der Waals surface area contributed by atoms with Gasteiger partial charge in [0.25, 0.3) is 5.91 Å². The van der Waals surface area contributed by atoms with Crippen molar-refractivity contribution in [1.29, 1.82) is 0 Å². The van der Waals surface area contributed by atoms with Gasteiger partial charge in [0, 0.05) is 13.2 Å². The Hall–Kier alpha value is -2.38. The van der Waals surface area contributed by atoms with E-state index >= 15 is 0 Å². The molecule has 1 aromatic rings. The first kappa shape index (κ1) is 11.1. The maximum Gasteiger partial charge on any atom is 0.325 e. The van der Waals surface area contributed by atoms with Crippen LogP contribution in [0.5, 0.6) is 0 Å². The summed E-state index contributed by atoms with van der Waals surface area (Å²) in [7, 11) is 1.73. The van der Waals surface area contributed by atoms with Gasteiger partial charge in [-0.25, -0.2) is 9.78 Å². The highest BCUT2D eigenvalue weighted by Gasteiger charge is 2.40. The molecule has 2 rings (SSSR count). The number of imidazole rings is 1. The summed E-state index contributed by atoms with van der Waals surface area (Å²) in [5, 5.41) is 11.0. The van der Waals surface area contributed by atoms with Gasteiger partial charge in [-0.2, -0.15) is 0 Å². The van der Waals surface area contributed by atoms with E-state index in [1.54, 1.807) is 17.8 Å². The van der Waals surface area contributed by atoms with E-state index in [1.807, 2.05) is 0 Å². The van der Waals surface area contributed by atoms with Crippen LogP contribution in [0.2, 0.25) is 0 Å². The van der Waals surface area contributed by atoms with Crippen molar-refractivity contribution in [3.63, 3.8) is 0 Å². The summed E-state index contributed by atoms with van der Waals surface area (Å²) in [4.78, 5) is 38.3. The number of aliphatic carboxylic acids is 1. The Bertz CT molecular complexity index is 495. The summed E-state index contributed by atoms with van der Waals surface area (Å²) in [5.74, 6) is -1.84. The second-order valence-electron chi connectivity index (χ2n) is 3.66. The van der Waals surface area contributed by atoms with Gasteiger partial charge in [0.2, 0.25) is 0 Å². The number of imide groups is 1. The second kappa shape index (κ2) is 3.89. The predicted octanol–water partition coefficient (Wildman–Crippen LogP) is -0.902. The van der Waals surface area contributed by atoms with E-state index < -0.39 is 30.5 Å². The predicted molar refractivity (Wildman–Crippen MR) is 53.8 cm³/mol. The maximum atomic E-state index is 11.8. The van der Waals surface area contributed by atoms with Gasteiger partial charge in [-0.1, -0.05) is 0 Å². The van der Waals surface area contributed by atoms with Gasteiger partial charge in [-0.05, 0) is 0 Å². The Balaban J connectivity index is 2.21. The van der Waals surface area contributed by atoms with Crippen molar-refractivity contribution in [2.24, 2.45) is 7.05 Å². The Kier molecular flexibility index (Phi) is 2.54. The molecule has 8 nitrogen and oxygen atoms in total. The zero-order chi connectivity index (χ0) is 12.6. The van der Waals surface area contributed by atoms with Gasteiger partial charge >= 0.3 is 12.0 Å². The third-order valence-electron chi connectivity index (χ3n) is 2.34. The van der Waals surface area contributed by atoms with Crippen molar-refractivity contribution in [3.8, 4) is 0 Å². The molecule has 1 atom stereocenters. The Morgan fingerprint density at radius 1 is 1.59 bits per heavy atom. The summed E-state index contributed by atoms with van der Waals surface area (Å²) in [5.41, 5.74) is 0.388. The number of aryl methyl sites for hydroxylation is 1. The molecule has 0 radical (unpaired) electrons. The van der Waals surface area contributed by atoms with Crippen LogP contribution in [0.1, 0.15) is 11.7 Å². The number of carbonyl (C=O) groups is 3. The molecule has 90 valence electrons. The normalized spacial score (nSPS) is 19.6. The zero-order valence-electron chi connectivity index (χ0n) is 8.95. The molecule has 2 heterocycles. The molecule has 1 saturated heterocycles. The van der Waals surface area contributed by atoms with Gasteiger partial charge in [-0.15, -0.1) is 0 Å². The zero-order valence-corrected chi connectivity index (χ0v) is 8.95. The van der Waals surface area contributed by atoms with Crippen LogP contribution in [0.4, 0.5) is 4.79 Å². The average Bonchev–Trinajstić information content (AvgIpc) is 2.76. The number of carboxylic acid groups (broad SMARTS) is 1. The number of nitrogens with one attached hydrogen (secondary N) is 1. The SMILES string of the molecule is Cn1cnc(C2NC(=O)N(CC(=O)O)C2=O)c1. The number of carboxylic acids is 1. The number of nitrogens with zero attached hydrogens (tertiary/aromatic N) is 3. The fourth-order valence-electron chi connectivity index (χ4n) is 1.59. The van der Waals surface area contributed by atoms with E-state index in [2.05, 4.69) is 10.3 Å². The summed E-state index contributed by atoms with van der Waals surface area (Å²) in [6.45, 7) is -0.645. The molecule has 0 spiro atoms. The molecule has 17 heavy (non-hydrogen) atoms. The number of hydrogen-bond donors (Lipinski definition) is 2. The summed E-state index contributed by atoms with van der Waals surface area (Å²) in [6, 6.07) is -1.61.